The van der Waals surface area contributed by atoms with Gasteiger partial charge in [-0.2, -0.15) is 0 Å². The van der Waals surface area contributed by atoms with E-state index < -0.39 is 5.82 Å². The van der Waals surface area contributed by atoms with Gasteiger partial charge in [-0.15, -0.1) is 0 Å². The van der Waals surface area contributed by atoms with E-state index in [1.54, 1.807) is 12.1 Å². The Bertz CT molecular complexity index is 1060. The maximum Gasteiger partial charge on any atom is 0.143 e. The molecule has 2 N–H and O–H groups in total. The van der Waals surface area contributed by atoms with Crippen LogP contribution in [0.1, 0.15) is 25.7 Å². The second kappa shape index (κ2) is 8.93. The fourth-order valence-electron chi connectivity index (χ4n) is 4.84. The molecule has 3 aromatic rings. The van der Waals surface area contributed by atoms with Gasteiger partial charge in [-0.3, -0.25) is 0 Å². The van der Waals surface area contributed by atoms with Crippen molar-refractivity contribution in [2.75, 3.05) is 36.4 Å². The van der Waals surface area contributed by atoms with Crippen LogP contribution in [0.4, 0.5) is 21.7 Å². The van der Waals surface area contributed by atoms with Crippen LogP contribution in [-0.4, -0.2) is 41.1 Å². The first-order valence-electron chi connectivity index (χ1n) is 11.0. The second-order valence-corrected chi connectivity index (χ2v) is 8.85. The van der Waals surface area contributed by atoms with Crippen LogP contribution >= 0.6 is 11.6 Å². The Morgan fingerprint density at radius 2 is 1.77 bits per heavy atom. The summed E-state index contributed by atoms with van der Waals surface area (Å²) in [5, 5.41) is 7.55. The molecule has 0 amide bonds. The van der Waals surface area contributed by atoms with E-state index >= 15 is 0 Å². The van der Waals surface area contributed by atoms with Gasteiger partial charge in [0, 0.05) is 31.0 Å². The zero-order chi connectivity index (χ0) is 21.2. The Kier molecular flexibility index (Phi) is 5.87. The molecule has 0 bridgehead atoms. The summed E-state index contributed by atoms with van der Waals surface area (Å²) in [6, 6.07) is 6.53. The molecule has 0 aliphatic carbocycles. The number of benzene rings is 1. The Labute approximate surface area is 186 Å². The number of aromatic nitrogens is 3. The quantitative estimate of drug-likeness (QED) is 0.608. The Morgan fingerprint density at radius 3 is 2.55 bits per heavy atom. The number of nitrogens with one attached hydrogen (secondary N) is 2. The summed E-state index contributed by atoms with van der Waals surface area (Å²) in [5.41, 5.74) is 1.49. The van der Waals surface area contributed by atoms with Gasteiger partial charge in [0.1, 0.15) is 23.8 Å². The van der Waals surface area contributed by atoms with Crippen molar-refractivity contribution in [3.05, 3.63) is 47.6 Å². The molecule has 8 heteroatoms. The first kappa shape index (κ1) is 20.4. The van der Waals surface area contributed by atoms with Crippen molar-refractivity contribution in [2.45, 2.75) is 25.7 Å². The third-order valence-electron chi connectivity index (χ3n) is 6.60. The van der Waals surface area contributed by atoms with Gasteiger partial charge in [-0.05, 0) is 68.8 Å². The largest absolute Gasteiger partial charge is 0.357 e. The lowest BCUT2D eigenvalue weighted by atomic mass is 9.79. The summed E-state index contributed by atoms with van der Waals surface area (Å²) in [7, 11) is 0. The van der Waals surface area contributed by atoms with Crippen LogP contribution in [0, 0.1) is 17.7 Å². The molecule has 2 fully saturated rings. The number of pyridine rings is 1. The number of halogens is 2. The predicted octanol–water partition coefficient (Wildman–Crippen LogP) is 4.78. The van der Waals surface area contributed by atoms with Gasteiger partial charge in [-0.1, -0.05) is 11.6 Å². The molecule has 0 saturated carbocycles. The van der Waals surface area contributed by atoms with Crippen molar-refractivity contribution in [2.24, 2.45) is 11.8 Å². The number of anilines is 3. The van der Waals surface area contributed by atoms with Crippen LogP contribution in [0.2, 0.25) is 5.02 Å². The van der Waals surface area contributed by atoms with Crippen molar-refractivity contribution < 1.29 is 4.39 Å². The lowest BCUT2D eigenvalue weighted by molar-refractivity contribution is 0.222. The summed E-state index contributed by atoms with van der Waals surface area (Å²) in [4.78, 5) is 15.9. The van der Waals surface area contributed by atoms with Crippen LogP contribution in [0.15, 0.2) is 36.8 Å². The first-order valence-corrected chi connectivity index (χ1v) is 11.3. The maximum absolute atomic E-state index is 13.4. The predicted molar refractivity (Wildman–Crippen MR) is 123 cm³/mol. The third-order valence-corrected chi connectivity index (χ3v) is 6.89. The lowest BCUT2D eigenvalue weighted by Gasteiger charge is -2.38. The highest BCUT2D eigenvalue weighted by molar-refractivity contribution is 6.31. The highest BCUT2D eigenvalue weighted by Crippen LogP contribution is 2.33. The Morgan fingerprint density at radius 1 is 1.00 bits per heavy atom. The number of hydrogen-bond donors (Lipinski definition) is 2. The Balaban J connectivity index is 1.31. The van der Waals surface area contributed by atoms with Crippen LogP contribution in [0.3, 0.4) is 0 Å². The zero-order valence-electron chi connectivity index (χ0n) is 17.3. The van der Waals surface area contributed by atoms with Gasteiger partial charge in [0.2, 0.25) is 0 Å². The smallest absolute Gasteiger partial charge is 0.143 e. The molecule has 162 valence electrons. The normalized spacial score (nSPS) is 18.5. The third kappa shape index (κ3) is 4.43. The fourth-order valence-corrected chi connectivity index (χ4v) is 5.02. The SMILES string of the molecule is Fc1ccc(Nc2ncnc3cc(N4CCC(C5CCNCC5)CC4)ncc23)cc1Cl. The average molecular weight is 441 g/mol. The molecule has 0 atom stereocenters. The van der Waals surface area contributed by atoms with Crippen LogP contribution in [0.5, 0.6) is 0 Å². The molecule has 2 aromatic heterocycles. The van der Waals surface area contributed by atoms with Crippen molar-refractivity contribution in [1.82, 2.24) is 20.3 Å². The van der Waals surface area contributed by atoms with Gasteiger partial charge in [0.15, 0.2) is 0 Å². The van der Waals surface area contributed by atoms with E-state index in [1.807, 2.05) is 12.3 Å². The van der Waals surface area contributed by atoms with E-state index in [-0.39, 0.29) is 5.02 Å². The molecule has 5 rings (SSSR count). The van der Waals surface area contributed by atoms with Crippen LogP contribution in [0.25, 0.3) is 10.9 Å². The average Bonchev–Trinajstić information content (AvgIpc) is 2.82. The minimum Gasteiger partial charge on any atom is -0.357 e. The summed E-state index contributed by atoms with van der Waals surface area (Å²) >= 11 is 5.90. The summed E-state index contributed by atoms with van der Waals surface area (Å²) in [5.74, 6) is 2.84. The molecule has 2 saturated heterocycles. The Hall–Kier alpha value is -2.51. The molecule has 1 aromatic carbocycles. The summed E-state index contributed by atoms with van der Waals surface area (Å²) in [6.07, 6.45) is 8.42. The van der Waals surface area contributed by atoms with Gasteiger partial charge >= 0.3 is 0 Å². The minimum absolute atomic E-state index is 0.0664. The summed E-state index contributed by atoms with van der Waals surface area (Å²) < 4.78 is 13.4. The van der Waals surface area contributed by atoms with E-state index in [9.17, 15) is 4.39 Å². The van der Waals surface area contributed by atoms with Gasteiger partial charge in [0.05, 0.1) is 15.9 Å². The number of hydrogen-bond acceptors (Lipinski definition) is 6. The zero-order valence-corrected chi connectivity index (χ0v) is 18.1. The highest BCUT2D eigenvalue weighted by Gasteiger charge is 2.28. The number of piperidine rings is 2. The van der Waals surface area contributed by atoms with E-state index in [1.165, 1.54) is 38.1 Å². The van der Waals surface area contributed by atoms with Gasteiger partial charge in [-0.25, -0.2) is 19.3 Å². The van der Waals surface area contributed by atoms with Gasteiger partial charge < -0.3 is 15.5 Å². The monoisotopic (exact) mass is 440 g/mol. The maximum atomic E-state index is 13.4. The molecule has 0 radical (unpaired) electrons. The lowest BCUT2D eigenvalue weighted by Crippen LogP contribution is -2.39. The molecule has 0 unspecified atom stereocenters. The van der Waals surface area contributed by atoms with Crippen molar-refractivity contribution in [1.29, 1.82) is 0 Å². The molecule has 2 aliphatic rings. The van der Waals surface area contributed by atoms with E-state index in [0.29, 0.717) is 11.5 Å². The van der Waals surface area contributed by atoms with Crippen molar-refractivity contribution in [3.8, 4) is 0 Å². The first-order chi connectivity index (χ1) is 15.2. The molecular weight excluding hydrogens is 415 g/mol. The van der Waals surface area contributed by atoms with E-state index in [0.717, 1.165) is 54.7 Å². The second-order valence-electron chi connectivity index (χ2n) is 8.45. The number of fused-ring (bicyclic) bond motifs is 1. The summed E-state index contributed by atoms with van der Waals surface area (Å²) in [6.45, 7) is 4.41. The topological polar surface area (TPSA) is 66.0 Å². The van der Waals surface area contributed by atoms with Crippen molar-refractivity contribution >= 4 is 39.8 Å². The molecule has 2 aliphatic heterocycles. The molecular formula is C23H26ClFN6. The van der Waals surface area contributed by atoms with E-state index in [4.69, 9.17) is 16.6 Å². The van der Waals surface area contributed by atoms with Crippen LogP contribution in [-0.2, 0) is 0 Å². The standard InChI is InChI=1S/C23H26ClFN6/c24-19-11-17(1-2-20(19)25)30-23-18-13-27-22(12-21(18)28-14-29-23)31-9-5-16(6-10-31)15-3-7-26-8-4-15/h1-2,11-16,26H,3-10H2,(H,28,29,30). The molecule has 31 heavy (non-hydrogen) atoms. The highest BCUT2D eigenvalue weighted by atomic mass is 35.5. The van der Waals surface area contributed by atoms with E-state index in [2.05, 4.69) is 25.5 Å². The number of rotatable bonds is 4. The molecule has 6 nitrogen and oxygen atoms in total. The van der Waals surface area contributed by atoms with Gasteiger partial charge in [0.25, 0.3) is 0 Å². The van der Waals surface area contributed by atoms with Crippen molar-refractivity contribution in [3.63, 3.8) is 0 Å². The van der Waals surface area contributed by atoms with Crippen LogP contribution < -0.4 is 15.5 Å². The number of nitrogens with zero attached hydrogens (tertiary/aromatic N) is 4. The molecule has 4 heterocycles. The minimum atomic E-state index is -0.449. The molecule has 0 spiro atoms. The fraction of sp³-hybridized carbons (Fsp3) is 0.435.